The zero-order valence-electron chi connectivity index (χ0n) is 12.3. The van der Waals surface area contributed by atoms with E-state index in [0.717, 1.165) is 30.3 Å². The summed E-state index contributed by atoms with van der Waals surface area (Å²) in [6, 6.07) is 10.8. The van der Waals surface area contributed by atoms with E-state index in [2.05, 4.69) is 37.3 Å². The van der Waals surface area contributed by atoms with Crippen molar-refractivity contribution in [1.82, 2.24) is 0 Å². The van der Waals surface area contributed by atoms with Crippen molar-refractivity contribution < 1.29 is 4.74 Å². The van der Waals surface area contributed by atoms with E-state index in [4.69, 9.17) is 4.74 Å². The summed E-state index contributed by atoms with van der Waals surface area (Å²) in [5.74, 6) is 4.88. The summed E-state index contributed by atoms with van der Waals surface area (Å²) in [4.78, 5) is 0. The fourth-order valence-electron chi connectivity index (χ4n) is 5.13. The van der Waals surface area contributed by atoms with Gasteiger partial charge < -0.3 is 4.74 Å². The molecule has 0 radical (unpaired) electrons. The molecule has 20 heavy (non-hydrogen) atoms. The lowest BCUT2D eigenvalue weighted by atomic mass is 9.54. The number of benzene rings is 1. The van der Waals surface area contributed by atoms with Crippen molar-refractivity contribution in [2.45, 2.75) is 39.0 Å². The molecule has 5 rings (SSSR count). The maximum atomic E-state index is 6.13. The van der Waals surface area contributed by atoms with E-state index in [1.54, 1.807) is 5.57 Å². The molecular formula is C19H24O. The lowest BCUT2D eigenvalue weighted by molar-refractivity contribution is 0.0668. The van der Waals surface area contributed by atoms with Gasteiger partial charge in [0.25, 0.3) is 0 Å². The van der Waals surface area contributed by atoms with Crippen LogP contribution in [0.2, 0.25) is 0 Å². The molecule has 1 aromatic carbocycles. The lowest BCUT2D eigenvalue weighted by Gasteiger charge is -2.51. The van der Waals surface area contributed by atoms with Crippen LogP contribution < -0.4 is 0 Å². The van der Waals surface area contributed by atoms with Crippen molar-refractivity contribution in [2.75, 3.05) is 6.61 Å². The van der Waals surface area contributed by atoms with Gasteiger partial charge in [0.2, 0.25) is 0 Å². The minimum Gasteiger partial charge on any atom is -0.493 e. The number of ether oxygens (including phenoxy) is 1. The molecule has 0 aliphatic heterocycles. The molecule has 0 aromatic heterocycles. The predicted molar refractivity (Wildman–Crippen MR) is 82.0 cm³/mol. The fraction of sp³-hybridized carbons (Fsp3) is 0.579. The Kier molecular flexibility index (Phi) is 3.09. The van der Waals surface area contributed by atoms with Gasteiger partial charge in [-0.1, -0.05) is 30.3 Å². The van der Waals surface area contributed by atoms with Gasteiger partial charge in [0.15, 0.2) is 0 Å². The maximum absolute atomic E-state index is 6.13. The lowest BCUT2D eigenvalue weighted by Crippen LogP contribution is -2.41. The summed E-state index contributed by atoms with van der Waals surface area (Å²) in [7, 11) is 0. The van der Waals surface area contributed by atoms with Crippen molar-refractivity contribution in [2.24, 2.45) is 23.7 Å². The molecule has 4 fully saturated rings. The number of hydrogen-bond donors (Lipinski definition) is 0. The minimum absolute atomic E-state index is 0.778. The van der Waals surface area contributed by atoms with Gasteiger partial charge in [-0.3, -0.25) is 0 Å². The van der Waals surface area contributed by atoms with Gasteiger partial charge in [-0.05, 0) is 68.3 Å². The van der Waals surface area contributed by atoms with Crippen LogP contribution in [0.5, 0.6) is 0 Å². The number of rotatable bonds is 3. The Morgan fingerprint density at radius 1 is 0.950 bits per heavy atom. The second-order valence-electron chi connectivity index (χ2n) is 6.89. The van der Waals surface area contributed by atoms with Crippen molar-refractivity contribution in [1.29, 1.82) is 0 Å². The molecule has 4 bridgehead atoms. The molecular weight excluding hydrogens is 244 g/mol. The van der Waals surface area contributed by atoms with Gasteiger partial charge >= 0.3 is 0 Å². The zero-order valence-corrected chi connectivity index (χ0v) is 12.3. The quantitative estimate of drug-likeness (QED) is 0.709. The molecule has 0 N–H and O–H groups in total. The van der Waals surface area contributed by atoms with Gasteiger partial charge in [0.1, 0.15) is 5.76 Å². The van der Waals surface area contributed by atoms with Crippen molar-refractivity contribution in [3.8, 4) is 0 Å². The van der Waals surface area contributed by atoms with Gasteiger partial charge in [-0.15, -0.1) is 0 Å². The van der Waals surface area contributed by atoms with Crippen molar-refractivity contribution in [3.05, 3.63) is 41.5 Å². The highest BCUT2D eigenvalue weighted by atomic mass is 16.5. The van der Waals surface area contributed by atoms with E-state index in [-0.39, 0.29) is 0 Å². The topological polar surface area (TPSA) is 9.23 Å². The normalized spacial score (nSPS) is 34.4. The van der Waals surface area contributed by atoms with Crippen LogP contribution in [0, 0.1) is 23.7 Å². The summed E-state index contributed by atoms with van der Waals surface area (Å²) >= 11 is 0. The second-order valence-corrected chi connectivity index (χ2v) is 6.89. The number of hydrogen-bond acceptors (Lipinski definition) is 1. The molecule has 1 aromatic rings. The van der Waals surface area contributed by atoms with Crippen LogP contribution in [0.25, 0.3) is 5.76 Å². The highest BCUT2D eigenvalue weighted by Gasteiger charge is 2.46. The molecule has 106 valence electrons. The van der Waals surface area contributed by atoms with Gasteiger partial charge in [-0.25, -0.2) is 0 Å². The SMILES string of the molecule is CCOC(=C1C2CC3CC(C2)CC1C3)c1ccccc1. The molecule has 0 amide bonds. The Bertz CT molecular complexity index is 484. The Labute approximate surface area is 122 Å². The Morgan fingerprint density at radius 3 is 2.10 bits per heavy atom. The third kappa shape index (κ3) is 1.99. The minimum atomic E-state index is 0.778. The van der Waals surface area contributed by atoms with E-state index >= 15 is 0 Å². The molecule has 4 aliphatic rings. The monoisotopic (exact) mass is 268 g/mol. The fourth-order valence-corrected chi connectivity index (χ4v) is 5.13. The summed E-state index contributed by atoms with van der Waals surface area (Å²) in [5.41, 5.74) is 2.96. The Hall–Kier alpha value is -1.24. The molecule has 4 aliphatic carbocycles. The van der Waals surface area contributed by atoms with Crippen molar-refractivity contribution in [3.63, 3.8) is 0 Å². The maximum Gasteiger partial charge on any atom is 0.126 e. The van der Waals surface area contributed by atoms with Crippen molar-refractivity contribution >= 4 is 5.76 Å². The van der Waals surface area contributed by atoms with E-state index in [9.17, 15) is 0 Å². The van der Waals surface area contributed by atoms with Crippen LogP contribution in [0.3, 0.4) is 0 Å². The molecule has 1 heteroatoms. The van der Waals surface area contributed by atoms with Crippen LogP contribution in [0.1, 0.15) is 44.6 Å². The number of allylic oxidation sites excluding steroid dienone is 1. The standard InChI is InChI=1S/C19H24O/c1-2-20-19(15-6-4-3-5-7-15)18-16-9-13-8-14(11-16)12-17(18)10-13/h3-7,13-14,16-17H,2,8-12H2,1H3. The molecule has 0 spiro atoms. The molecule has 0 heterocycles. The van der Waals surface area contributed by atoms with Gasteiger partial charge in [0.05, 0.1) is 6.61 Å². The van der Waals surface area contributed by atoms with E-state index in [0.29, 0.717) is 0 Å². The zero-order chi connectivity index (χ0) is 13.5. The Morgan fingerprint density at radius 2 is 1.55 bits per heavy atom. The average Bonchev–Trinajstić information content (AvgIpc) is 2.46. The molecule has 4 saturated carbocycles. The largest absolute Gasteiger partial charge is 0.493 e. The van der Waals surface area contributed by atoms with E-state index in [1.807, 2.05) is 0 Å². The predicted octanol–water partition coefficient (Wildman–Crippen LogP) is 4.89. The van der Waals surface area contributed by atoms with Crippen LogP contribution in [-0.4, -0.2) is 6.61 Å². The van der Waals surface area contributed by atoms with E-state index in [1.165, 1.54) is 43.4 Å². The highest BCUT2D eigenvalue weighted by Crippen LogP contribution is 2.57. The Balaban J connectivity index is 1.77. The highest BCUT2D eigenvalue weighted by molar-refractivity contribution is 5.64. The first-order chi connectivity index (χ1) is 9.85. The first-order valence-electron chi connectivity index (χ1n) is 8.27. The first-order valence-corrected chi connectivity index (χ1v) is 8.27. The summed E-state index contributed by atoms with van der Waals surface area (Å²) in [6.45, 7) is 2.89. The summed E-state index contributed by atoms with van der Waals surface area (Å²) in [5, 5.41) is 0. The van der Waals surface area contributed by atoms with Gasteiger partial charge in [-0.2, -0.15) is 0 Å². The van der Waals surface area contributed by atoms with Crippen LogP contribution in [0.15, 0.2) is 35.9 Å². The second kappa shape index (κ2) is 4.95. The van der Waals surface area contributed by atoms with Gasteiger partial charge in [0, 0.05) is 5.56 Å². The van der Waals surface area contributed by atoms with Crippen LogP contribution in [-0.2, 0) is 4.74 Å². The third-order valence-corrected chi connectivity index (χ3v) is 5.60. The van der Waals surface area contributed by atoms with Crippen LogP contribution in [0.4, 0.5) is 0 Å². The summed E-state index contributed by atoms with van der Waals surface area (Å²) < 4.78 is 6.13. The molecule has 0 atom stereocenters. The third-order valence-electron chi connectivity index (χ3n) is 5.60. The molecule has 1 nitrogen and oxygen atoms in total. The summed E-state index contributed by atoms with van der Waals surface area (Å²) in [6.07, 6.45) is 7.20. The molecule has 0 saturated heterocycles. The first kappa shape index (κ1) is 12.5. The van der Waals surface area contributed by atoms with E-state index < -0.39 is 0 Å². The van der Waals surface area contributed by atoms with Crippen LogP contribution >= 0.6 is 0 Å². The molecule has 0 unspecified atom stereocenters. The smallest absolute Gasteiger partial charge is 0.126 e. The average molecular weight is 268 g/mol.